The summed E-state index contributed by atoms with van der Waals surface area (Å²) >= 11 is 0. The zero-order valence-corrected chi connectivity index (χ0v) is 22.0. The zero-order chi connectivity index (χ0) is 24.8. The standard InChI is InChI=1S/C26H46N2O6/c1-6-31-19-21-11-10-18-28(21)26(27-16-8-9-17-27,24(30)34-25(3,4)5)33-22-14-12-20(13-15-22)23(29)32-7-2/h20-22H,6-19H2,1-5H3/t20-,21-,22-,26?/m0/s1. The van der Waals surface area contributed by atoms with Gasteiger partial charge in [0.15, 0.2) is 0 Å². The van der Waals surface area contributed by atoms with Crippen LogP contribution in [0, 0.1) is 5.92 Å². The molecular weight excluding hydrogens is 436 g/mol. The lowest BCUT2D eigenvalue weighted by atomic mass is 9.87. The van der Waals surface area contributed by atoms with Gasteiger partial charge in [-0.2, -0.15) is 0 Å². The second-order valence-electron chi connectivity index (χ2n) is 10.8. The third kappa shape index (κ3) is 6.50. The second kappa shape index (κ2) is 12.2. The average Bonchev–Trinajstić information content (AvgIpc) is 3.48. The molecule has 0 N–H and O–H groups in total. The molecule has 2 heterocycles. The van der Waals surface area contributed by atoms with Crippen molar-refractivity contribution in [3.63, 3.8) is 0 Å². The van der Waals surface area contributed by atoms with Crippen molar-refractivity contribution in [2.45, 2.75) is 110 Å². The predicted octanol–water partition coefficient (Wildman–Crippen LogP) is 3.72. The van der Waals surface area contributed by atoms with Crippen LogP contribution in [-0.4, -0.2) is 84.8 Å². The molecule has 2 aliphatic heterocycles. The van der Waals surface area contributed by atoms with Crippen molar-refractivity contribution < 1.29 is 28.5 Å². The summed E-state index contributed by atoms with van der Waals surface area (Å²) in [5, 5.41) is 0. The number of carbonyl (C=O) groups excluding carboxylic acids is 2. The largest absolute Gasteiger partial charge is 0.466 e. The van der Waals surface area contributed by atoms with Gasteiger partial charge in [0.2, 0.25) is 0 Å². The molecule has 2 atom stereocenters. The van der Waals surface area contributed by atoms with Crippen LogP contribution >= 0.6 is 0 Å². The van der Waals surface area contributed by atoms with Crippen LogP contribution in [0.5, 0.6) is 0 Å². The first-order valence-corrected chi connectivity index (χ1v) is 13.4. The van der Waals surface area contributed by atoms with E-state index in [0.717, 1.165) is 71.0 Å². The number of esters is 2. The van der Waals surface area contributed by atoms with E-state index in [1.165, 1.54) is 0 Å². The molecular formula is C26H46N2O6. The number of rotatable bonds is 10. The van der Waals surface area contributed by atoms with Crippen molar-refractivity contribution in [2.24, 2.45) is 5.92 Å². The first-order chi connectivity index (χ1) is 16.2. The van der Waals surface area contributed by atoms with E-state index in [1.807, 2.05) is 34.6 Å². The molecule has 1 unspecified atom stereocenters. The fourth-order valence-corrected chi connectivity index (χ4v) is 5.55. The van der Waals surface area contributed by atoms with E-state index >= 15 is 0 Å². The lowest BCUT2D eigenvalue weighted by Crippen LogP contribution is -2.70. The third-order valence-corrected chi connectivity index (χ3v) is 7.11. The Bertz CT molecular complexity index is 667. The van der Waals surface area contributed by atoms with Gasteiger partial charge in [-0.1, -0.05) is 0 Å². The molecule has 0 aromatic carbocycles. The summed E-state index contributed by atoms with van der Waals surface area (Å²) in [6, 6.07) is 0.101. The van der Waals surface area contributed by atoms with Crippen molar-refractivity contribution in [1.29, 1.82) is 0 Å². The lowest BCUT2D eigenvalue weighted by molar-refractivity contribution is -0.282. The molecule has 2 saturated heterocycles. The highest BCUT2D eigenvalue weighted by Crippen LogP contribution is 2.39. The molecule has 3 aliphatic rings. The van der Waals surface area contributed by atoms with E-state index in [1.54, 1.807) is 0 Å². The van der Waals surface area contributed by atoms with Gasteiger partial charge in [0, 0.05) is 32.3 Å². The molecule has 0 spiro atoms. The summed E-state index contributed by atoms with van der Waals surface area (Å²) in [5.41, 5.74) is -0.623. The minimum atomic E-state index is -1.26. The molecule has 34 heavy (non-hydrogen) atoms. The van der Waals surface area contributed by atoms with Gasteiger partial charge in [-0.15, -0.1) is 0 Å². The van der Waals surface area contributed by atoms with Gasteiger partial charge < -0.3 is 18.9 Å². The molecule has 1 aliphatic carbocycles. The average molecular weight is 483 g/mol. The Morgan fingerprint density at radius 2 is 1.56 bits per heavy atom. The summed E-state index contributed by atoms with van der Waals surface area (Å²) in [4.78, 5) is 30.7. The van der Waals surface area contributed by atoms with Crippen LogP contribution in [0.25, 0.3) is 0 Å². The van der Waals surface area contributed by atoms with Crippen LogP contribution in [0.3, 0.4) is 0 Å². The minimum absolute atomic E-state index is 0.0833. The quantitative estimate of drug-likeness (QED) is 0.436. The molecule has 0 aromatic heterocycles. The van der Waals surface area contributed by atoms with Crippen LogP contribution in [-0.2, 0) is 28.5 Å². The van der Waals surface area contributed by atoms with Crippen molar-refractivity contribution in [1.82, 2.24) is 9.80 Å². The van der Waals surface area contributed by atoms with E-state index in [-0.39, 0.29) is 30.0 Å². The Hall–Kier alpha value is -1.22. The lowest BCUT2D eigenvalue weighted by Gasteiger charge is -2.50. The molecule has 196 valence electrons. The Balaban J connectivity index is 1.88. The molecule has 8 heteroatoms. The highest BCUT2D eigenvalue weighted by atomic mass is 16.6. The number of hydrogen-bond donors (Lipinski definition) is 0. The van der Waals surface area contributed by atoms with Crippen molar-refractivity contribution in [3.8, 4) is 0 Å². The topological polar surface area (TPSA) is 77.5 Å². The fraction of sp³-hybridized carbons (Fsp3) is 0.923. The Morgan fingerprint density at radius 3 is 2.15 bits per heavy atom. The number of ether oxygens (including phenoxy) is 4. The van der Waals surface area contributed by atoms with Gasteiger partial charge in [0.05, 0.1) is 25.2 Å². The maximum absolute atomic E-state index is 14.1. The third-order valence-electron chi connectivity index (χ3n) is 7.11. The highest BCUT2D eigenvalue weighted by molar-refractivity contribution is 5.79. The molecule has 0 radical (unpaired) electrons. The summed E-state index contributed by atoms with van der Waals surface area (Å²) in [7, 11) is 0. The van der Waals surface area contributed by atoms with E-state index < -0.39 is 11.4 Å². The smallest absolute Gasteiger partial charge is 0.371 e. The van der Waals surface area contributed by atoms with Crippen LogP contribution in [0.1, 0.15) is 86.0 Å². The van der Waals surface area contributed by atoms with Gasteiger partial charge >= 0.3 is 11.9 Å². The first-order valence-electron chi connectivity index (χ1n) is 13.4. The Morgan fingerprint density at radius 1 is 0.882 bits per heavy atom. The van der Waals surface area contributed by atoms with E-state index in [4.69, 9.17) is 18.9 Å². The van der Waals surface area contributed by atoms with Crippen LogP contribution in [0.15, 0.2) is 0 Å². The molecule has 1 saturated carbocycles. The molecule has 0 aromatic rings. The molecule has 0 bridgehead atoms. The van der Waals surface area contributed by atoms with Gasteiger partial charge in [0.1, 0.15) is 5.60 Å². The van der Waals surface area contributed by atoms with Crippen LogP contribution in [0.2, 0.25) is 0 Å². The van der Waals surface area contributed by atoms with E-state index in [9.17, 15) is 9.59 Å². The second-order valence-corrected chi connectivity index (χ2v) is 10.8. The van der Waals surface area contributed by atoms with Crippen LogP contribution in [0.4, 0.5) is 0 Å². The summed E-state index contributed by atoms with van der Waals surface area (Å²) in [6.07, 6.45) is 6.81. The maximum Gasteiger partial charge on any atom is 0.371 e. The molecule has 3 fully saturated rings. The predicted molar refractivity (Wildman–Crippen MR) is 129 cm³/mol. The number of likely N-dealkylation sites (tertiary alicyclic amines) is 2. The summed E-state index contributed by atoms with van der Waals surface area (Å²) in [5.74, 6) is -1.78. The normalized spacial score (nSPS) is 28.6. The molecule has 8 nitrogen and oxygen atoms in total. The summed E-state index contributed by atoms with van der Waals surface area (Å²) in [6.45, 7) is 13.6. The van der Waals surface area contributed by atoms with Gasteiger partial charge in [-0.05, 0) is 86.0 Å². The maximum atomic E-state index is 14.1. The van der Waals surface area contributed by atoms with Crippen molar-refractivity contribution >= 4 is 11.9 Å². The van der Waals surface area contributed by atoms with Gasteiger partial charge in [-0.25, -0.2) is 9.69 Å². The van der Waals surface area contributed by atoms with Gasteiger partial charge in [-0.3, -0.25) is 9.69 Å². The number of carbonyl (C=O) groups is 2. The Kier molecular flexibility index (Phi) is 9.78. The van der Waals surface area contributed by atoms with Crippen LogP contribution < -0.4 is 0 Å². The number of hydrogen-bond acceptors (Lipinski definition) is 8. The minimum Gasteiger partial charge on any atom is -0.466 e. The zero-order valence-electron chi connectivity index (χ0n) is 22.0. The Labute approximate surface area is 205 Å². The SMILES string of the molecule is CCOC[C@@H]1CCCN1C(O[C@H]1CC[C@H](C(=O)OCC)CC1)(C(=O)OC(C)(C)C)N1CCCC1. The molecule has 3 rings (SSSR count). The first kappa shape index (κ1) is 27.4. The monoisotopic (exact) mass is 482 g/mol. The van der Waals surface area contributed by atoms with E-state index in [0.29, 0.717) is 19.8 Å². The molecule has 0 amide bonds. The van der Waals surface area contributed by atoms with Crippen molar-refractivity contribution in [3.05, 3.63) is 0 Å². The number of nitrogens with zero attached hydrogens (tertiary/aromatic N) is 2. The van der Waals surface area contributed by atoms with Crippen molar-refractivity contribution in [2.75, 3.05) is 39.5 Å². The summed E-state index contributed by atoms with van der Waals surface area (Å²) < 4.78 is 24.0. The van der Waals surface area contributed by atoms with Gasteiger partial charge in [0.25, 0.3) is 5.85 Å². The van der Waals surface area contributed by atoms with E-state index in [2.05, 4.69) is 9.80 Å². The fourth-order valence-electron chi connectivity index (χ4n) is 5.55. The highest BCUT2D eigenvalue weighted by Gasteiger charge is 2.58.